The number of hydrogen-bond acceptors (Lipinski definition) is 4. The Morgan fingerprint density at radius 3 is 2.40 bits per heavy atom. The second-order valence-corrected chi connectivity index (χ2v) is 5.56. The fourth-order valence-electron chi connectivity index (χ4n) is 1.66. The Bertz CT molecular complexity index is 830. The zero-order valence-corrected chi connectivity index (χ0v) is 11.1. The van der Waals surface area contributed by atoms with Crippen LogP contribution in [0.4, 0.5) is 5.69 Å². The summed E-state index contributed by atoms with van der Waals surface area (Å²) in [5.74, 6) is 0. The van der Waals surface area contributed by atoms with E-state index in [1.807, 2.05) is 12.1 Å². The first-order valence-corrected chi connectivity index (χ1v) is 7.07. The van der Waals surface area contributed by atoms with E-state index in [1.165, 1.54) is 24.3 Å². The molecule has 98 valence electrons. The summed E-state index contributed by atoms with van der Waals surface area (Å²) in [6, 6.07) is 15.8. The van der Waals surface area contributed by atoms with Crippen molar-refractivity contribution in [1.29, 1.82) is 10.5 Å². The molecule has 20 heavy (non-hydrogen) atoms. The van der Waals surface area contributed by atoms with Crippen LogP contribution in [0, 0.1) is 22.7 Å². The predicted octanol–water partition coefficient (Wildman–Crippen LogP) is 2.23. The van der Waals surface area contributed by atoms with Crippen molar-refractivity contribution in [2.45, 2.75) is 4.90 Å². The monoisotopic (exact) mass is 283 g/mol. The average molecular weight is 283 g/mol. The third-order valence-electron chi connectivity index (χ3n) is 2.54. The highest BCUT2D eigenvalue weighted by atomic mass is 32.2. The molecule has 0 saturated carbocycles. The number of hydrogen-bond donors (Lipinski definition) is 1. The van der Waals surface area contributed by atoms with Crippen LogP contribution in [-0.4, -0.2) is 8.42 Å². The molecule has 2 aromatic rings. The highest BCUT2D eigenvalue weighted by molar-refractivity contribution is 7.92. The SMILES string of the molecule is N#Cc1cccc(NS(=O)(=O)c2ccccc2C#N)c1. The van der Waals surface area contributed by atoms with Gasteiger partial charge in [-0.2, -0.15) is 10.5 Å². The van der Waals surface area contributed by atoms with Gasteiger partial charge in [0.05, 0.1) is 22.9 Å². The first-order valence-electron chi connectivity index (χ1n) is 5.59. The van der Waals surface area contributed by atoms with Gasteiger partial charge in [0.2, 0.25) is 0 Å². The second-order valence-electron chi connectivity index (χ2n) is 3.91. The van der Waals surface area contributed by atoms with E-state index in [9.17, 15) is 8.42 Å². The van der Waals surface area contributed by atoms with E-state index in [2.05, 4.69) is 4.72 Å². The minimum atomic E-state index is -3.86. The molecule has 0 aliphatic carbocycles. The molecular weight excluding hydrogens is 274 g/mol. The van der Waals surface area contributed by atoms with Crippen molar-refractivity contribution in [1.82, 2.24) is 0 Å². The molecule has 0 aliphatic rings. The van der Waals surface area contributed by atoms with Gasteiger partial charge in [-0.15, -0.1) is 0 Å². The Morgan fingerprint density at radius 2 is 1.70 bits per heavy atom. The molecule has 6 heteroatoms. The predicted molar refractivity (Wildman–Crippen MR) is 73.1 cm³/mol. The van der Waals surface area contributed by atoms with E-state index < -0.39 is 10.0 Å². The normalized spacial score (nSPS) is 10.3. The van der Waals surface area contributed by atoms with Crippen LogP contribution in [0.15, 0.2) is 53.4 Å². The summed E-state index contributed by atoms with van der Waals surface area (Å²) >= 11 is 0. The summed E-state index contributed by atoms with van der Waals surface area (Å²) in [7, 11) is -3.86. The van der Waals surface area contributed by atoms with Crippen molar-refractivity contribution < 1.29 is 8.42 Å². The third kappa shape index (κ3) is 2.77. The number of nitrogens with zero attached hydrogens (tertiary/aromatic N) is 2. The van der Waals surface area contributed by atoms with Gasteiger partial charge in [-0.25, -0.2) is 8.42 Å². The number of nitriles is 2. The van der Waals surface area contributed by atoms with Crippen LogP contribution in [0.5, 0.6) is 0 Å². The van der Waals surface area contributed by atoms with Crippen molar-refractivity contribution >= 4 is 15.7 Å². The molecule has 0 fully saturated rings. The Kier molecular flexibility index (Phi) is 3.69. The van der Waals surface area contributed by atoms with Crippen molar-refractivity contribution in [3.05, 3.63) is 59.7 Å². The van der Waals surface area contributed by atoms with Crippen LogP contribution in [0.3, 0.4) is 0 Å². The topological polar surface area (TPSA) is 93.8 Å². The van der Waals surface area contributed by atoms with Crippen molar-refractivity contribution in [2.24, 2.45) is 0 Å². The Labute approximate surface area is 116 Å². The maximum atomic E-state index is 12.2. The smallest absolute Gasteiger partial charge is 0.263 e. The lowest BCUT2D eigenvalue weighted by Crippen LogP contribution is -2.14. The first kappa shape index (κ1) is 13.6. The van der Waals surface area contributed by atoms with Gasteiger partial charge >= 0.3 is 0 Å². The maximum Gasteiger partial charge on any atom is 0.263 e. The quantitative estimate of drug-likeness (QED) is 0.934. The molecule has 0 unspecified atom stereocenters. The summed E-state index contributed by atoms with van der Waals surface area (Å²) in [5.41, 5.74) is 0.687. The van der Waals surface area contributed by atoms with E-state index in [4.69, 9.17) is 10.5 Å². The van der Waals surface area contributed by atoms with Crippen LogP contribution in [0.2, 0.25) is 0 Å². The molecule has 2 aromatic carbocycles. The van der Waals surface area contributed by atoms with E-state index >= 15 is 0 Å². The fourth-order valence-corrected chi connectivity index (χ4v) is 2.86. The average Bonchev–Trinajstić information content (AvgIpc) is 2.47. The first-order chi connectivity index (χ1) is 9.56. The third-order valence-corrected chi connectivity index (χ3v) is 3.98. The van der Waals surface area contributed by atoms with E-state index in [0.717, 1.165) is 0 Å². The van der Waals surface area contributed by atoms with Crippen LogP contribution in [-0.2, 0) is 10.0 Å². The minimum absolute atomic E-state index is 0.0661. The van der Waals surface area contributed by atoms with Gasteiger partial charge in [-0.1, -0.05) is 18.2 Å². The number of nitrogens with one attached hydrogen (secondary N) is 1. The lowest BCUT2D eigenvalue weighted by atomic mass is 10.2. The zero-order valence-electron chi connectivity index (χ0n) is 10.2. The number of rotatable bonds is 3. The van der Waals surface area contributed by atoms with Gasteiger partial charge in [-0.05, 0) is 30.3 Å². The van der Waals surface area contributed by atoms with Crippen LogP contribution < -0.4 is 4.72 Å². The summed E-state index contributed by atoms with van der Waals surface area (Å²) in [4.78, 5) is -0.0927. The zero-order chi connectivity index (χ0) is 14.6. The number of sulfonamides is 1. The molecule has 1 N–H and O–H groups in total. The lowest BCUT2D eigenvalue weighted by molar-refractivity contribution is 0.601. The molecule has 0 radical (unpaired) electrons. The summed E-state index contributed by atoms with van der Waals surface area (Å²) < 4.78 is 26.8. The summed E-state index contributed by atoms with van der Waals surface area (Å²) in [5, 5.41) is 17.7. The van der Waals surface area contributed by atoms with E-state index in [1.54, 1.807) is 24.3 Å². The van der Waals surface area contributed by atoms with E-state index in [-0.39, 0.29) is 16.1 Å². The molecule has 0 amide bonds. The molecule has 0 aliphatic heterocycles. The van der Waals surface area contributed by atoms with Gasteiger partial charge in [0, 0.05) is 0 Å². The van der Waals surface area contributed by atoms with Crippen LogP contribution in [0.25, 0.3) is 0 Å². The van der Waals surface area contributed by atoms with Crippen molar-refractivity contribution in [3.63, 3.8) is 0 Å². The molecular formula is C14H9N3O2S. The largest absolute Gasteiger partial charge is 0.280 e. The van der Waals surface area contributed by atoms with E-state index in [0.29, 0.717) is 5.56 Å². The second kappa shape index (κ2) is 5.43. The maximum absolute atomic E-state index is 12.2. The van der Waals surface area contributed by atoms with Gasteiger partial charge in [0.1, 0.15) is 11.0 Å². The Balaban J connectivity index is 2.42. The van der Waals surface area contributed by atoms with Gasteiger partial charge in [0.15, 0.2) is 0 Å². The standard InChI is InChI=1S/C14H9N3O2S/c15-9-11-4-3-6-13(8-11)17-20(18,19)14-7-2-1-5-12(14)10-16/h1-8,17H. The Hall–Kier alpha value is -2.83. The van der Waals surface area contributed by atoms with Crippen LogP contribution in [0.1, 0.15) is 11.1 Å². The molecule has 0 atom stereocenters. The van der Waals surface area contributed by atoms with Crippen molar-refractivity contribution in [3.8, 4) is 12.1 Å². The Morgan fingerprint density at radius 1 is 0.950 bits per heavy atom. The van der Waals surface area contributed by atoms with Crippen LogP contribution >= 0.6 is 0 Å². The highest BCUT2D eigenvalue weighted by Gasteiger charge is 2.18. The summed E-state index contributed by atoms with van der Waals surface area (Å²) in [6.45, 7) is 0. The molecule has 0 aromatic heterocycles. The van der Waals surface area contributed by atoms with Gasteiger partial charge < -0.3 is 0 Å². The molecule has 0 bridgehead atoms. The summed E-state index contributed by atoms with van der Waals surface area (Å²) in [6.07, 6.45) is 0. The molecule has 0 saturated heterocycles. The fraction of sp³-hybridized carbons (Fsp3) is 0. The molecule has 0 heterocycles. The number of anilines is 1. The lowest BCUT2D eigenvalue weighted by Gasteiger charge is -2.09. The molecule has 5 nitrogen and oxygen atoms in total. The molecule has 2 rings (SSSR count). The highest BCUT2D eigenvalue weighted by Crippen LogP contribution is 2.19. The minimum Gasteiger partial charge on any atom is -0.280 e. The van der Waals surface area contributed by atoms with Gasteiger partial charge in [-0.3, -0.25) is 4.72 Å². The van der Waals surface area contributed by atoms with Gasteiger partial charge in [0.25, 0.3) is 10.0 Å². The van der Waals surface area contributed by atoms with Crippen molar-refractivity contribution in [2.75, 3.05) is 4.72 Å². The molecule has 0 spiro atoms. The number of benzene rings is 2.